The fourth-order valence-corrected chi connectivity index (χ4v) is 4.16. The third-order valence-electron chi connectivity index (χ3n) is 5.53. The van der Waals surface area contributed by atoms with Crippen molar-refractivity contribution < 1.29 is 14.4 Å². The maximum atomic E-state index is 13.5. The van der Waals surface area contributed by atoms with Crippen molar-refractivity contribution in [3.05, 3.63) is 90.3 Å². The minimum Gasteiger partial charge on any atom is -0.273 e. The number of fused-ring (bicyclic) bond motifs is 1. The summed E-state index contributed by atoms with van der Waals surface area (Å²) in [5.74, 6) is -1.20. The van der Waals surface area contributed by atoms with E-state index in [9.17, 15) is 9.59 Å². The first-order valence-corrected chi connectivity index (χ1v) is 9.51. The maximum absolute atomic E-state index is 13.5. The molecule has 3 heterocycles. The summed E-state index contributed by atoms with van der Waals surface area (Å²) < 4.78 is 0. The molecule has 5 rings (SSSR count). The standard InChI is InChI=1S/C23H19N3O3/c1-15-7-5-6-10-18(15)25-22(27)19-20(16-11-13-24-14-12-16)26(29-21(19)23(25)28)17-8-3-2-4-9-17/h2-14,19-21H,1H3/t19-,20-,21-/m1/s1. The zero-order chi connectivity index (χ0) is 20.0. The van der Waals surface area contributed by atoms with Gasteiger partial charge in [-0.2, -0.15) is 0 Å². The average Bonchev–Trinajstić information content (AvgIpc) is 3.26. The van der Waals surface area contributed by atoms with E-state index >= 15 is 0 Å². The second-order valence-corrected chi connectivity index (χ2v) is 7.24. The van der Waals surface area contributed by atoms with E-state index in [1.54, 1.807) is 23.5 Å². The minimum absolute atomic E-state index is 0.241. The number of imide groups is 1. The van der Waals surface area contributed by atoms with Crippen LogP contribution in [0.25, 0.3) is 0 Å². The summed E-state index contributed by atoms with van der Waals surface area (Å²) in [6, 6.07) is 20.2. The van der Waals surface area contributed by atoms with Crippen molar-refractivity contribution in [3.63, 3.8) is 0 Å². The number of hydrogen-bond donors (Lipinski definition) is 0. The largest absolute Gasteiger partial charge is 0.273 e. The lowest BCUT2D eigenvalue weighted by Gasteiger charge is -2.29. The molecule has 2 fully saturated rings. The summed E-state index contributed by atoms with van der Waals surface area (Å²) in [5.41, 5.74) is 3.16. The summed E-state index contributed by atoms with van der Waals surface area (Å²) in [6.07, 6.45) is 2.51. The van der Waals surface area contributed by atoms with E-state index < -0.39 is 18.1 Å². The van der Waals surface area contributed by atoms with Crippen LogP contribution in [0.3, 0.4) is 0 Å². The number of carbonyl (C=O) groups is 2. The number of anilines is 2. The summed E-state index contributed by atoms with van der Waals surface area (Å²) in [5, 5.41) is 1.69. The van der Waals surface area contributed by atoms with Crippen LogP contribution in [-0.2, 0) is 14.4 Å². The van der Waals surface area contributed by atoms with E-state index in [0.29, 0.717) is 5.69 Å². The second kappa shape index (κ2) is 6.83. The normalized spacial score (nSPS) is 23.6. The molecule has 3 aromatic rings. The predicted octanol–water partition coefficient (Wildman–Crippen LogP) is 3.44. The highest BCUT2D eigenvalue weighted by molar-refractivity contribution is 6.24. The van der Waals surface area contributed by atoms with Gasteiger partial charge in [-0.05, 0) is 48.4 Å². The first-order valence-electron chi connectivity index (χ1n) is 9.51. The molecule has 0 radical (unpaired) electrons. The van der Waals surface area contributed by atoms with E-state index in [1.165, 1.54) is 4.90 Å². The fourth-order valence-electron chi connectivity index (χ4n) is 4.16. The van der Waals surface area contributed by atoms with Crippen LogP contribution in [0, 0.1) is 12.8 Å². The number of amides is 2. The van der Waals surface area contributed by atoms with Gasteiger partial charge in [0.05, 0.1) is 17.4 Å². The van der Waals surface area contributed by atoms with Gasteiger partial charge in [-0.1, -0.05) is 36.4 Å². The number of nitrogens with zero attached hydrogens (tertiary/aromatic N) is 3. The second-order valence-electron chi connectivity index (χ2n) is 7.24. The Bertz CT molecular complexity index is 1070. The SMILES string of the molecule is Cc1ccccc1N1C(=O)[C@@H]2[C@@H](c3ccncc3)N(c3ccccc3)O[C@H]2C1=O. The number of hydroxylamine groups is 1. The number of rotatable bonds is 3. The lowest BCUT2D eigenvalue weighted by molar-refractivity contribution is -0.126. The molecule has 0 aliphatic carbocycles. The van der Waals surface area contributed by atoms with Gasteiger partial charge in [-0.3, -0.25) is 19.4 Å². The monoisotopic (exact) mass is 385 g/mol. The molecule has 3 atom stereocenters. The summed E-state index contributed by atoms with van der Waals surface area (Å²) >= 11 is 0. The molecule has 6 nitrogen and oxygen atoms in total. The Morgan fingerprint density at radius 3 is 2.28 bits per heavy atom. The molecule has 2 saturated heterocycles. The lowest BCUT2D eigenvalue weighted by Crippen LogP contribution is -2.37. The Morgan fingerprint density at radius 2 is 1.55 bits per heavy atom. The topological polar surface area (TPSA) is 62.7 Å². The molecule has 144 valence electrons. The van der Waals surface area contributed by atoms with Crippen LogP contribution < -0.4 is 9.96 Å². The molecule has 0 bridgehead atoms. The van der Waals surface area contributed by atoms with Crippen LogP contribution in [0.4, 0.5) is 11.4 Å². The van der Waals surface area contributed by atoms with Crippen molar-refractivity contribution in [2.24, 2.45) is 5.92 Å². The molecular weight excluding hydrogens is 366 g/mol. The van der Waals surface area contributed by atoms with Crippen molar-refractivity contribution in [1.29, 1.82) is 0 Å². The van der Waals surface area contributed by atoms with Gasteiger partial charge in [0.2, 0.25) is 5.91 Å². The van der Waals surface area contributed by atoms with Crippen molar-refractivity contribution in [1.82, 2.24) is 4.98 Å². The Morgan fingerprint density at radius 1 is 0.862 bits per heavy atom. The molecule has 0 spiro atoms. The van der Waals surface area contributed by atoms with Gasteiger partial charge >= 0.3 is 0 Å². The average molecular weight is 385 g/mol. The number of aryl methyl sites for hydroxylation is 1. The van der Waals surface area contributed by atoms with Gasteiger partial charge in [0.1, 0.15) is 5.92 Å². The third kappa shape index (κ3) is 2.72. The zero-order valence-electron chi connectivity index (χ0n) is 15.8. The van der Waals surface area contributed by atoms with Gasteiger partial charge in [-0.15, -0.1) is 0 Å². The molecule has 0 unspecified atom stereocenters. The zero-order valence-corrected chi connectivity index (χ0v) is 15.8. The van der Waals surface area contributed by atoms with Crippen molar-refractivity contribution in [2.45, 2.75) is 19.1 Å². The van der Waals surface area contributed by atoms with Gasteiger partial charge in [0.15, 0.2) is 6.10 Å². The van der Waals surface area contributed by atoms with E-state index in [4.69, 9.17) is 4.84 Å². The number of para-hydroxylation sites is 2. The Hall–Kier alpha value is -3.51. The summed E-state index contributed by atoms with van der Waals surface area (Å²) in [4.78, 5) is 38.2. The van der Waals surface area contributed by atoms with Crippen LogP contribution in [0.2, 0.25) is 0 Å². The predicted molar refractivity (Wildman–Crippen MR) is 108 cm³/mol. The highest BCUT2D eigenvalue weighted by Gasteiger charge is 2.60. The number of hydrogen-bond acceptors (Lipinski definition) is 5. The van der Waals surface area contributed by atoms with Crippen molar-refractivity contribution in [3.8, 4) is 0 Å². The molecule has 1 aromatic heterocycles. The fraction of sp³-hybridized carbons (Fsp3) is 0.174. The van der Waals surface area contributed by atoms with E-state index in [2.05, 4.69) is 4.98 Å². The Labute approximate surface area is 168 Å². The van der Waals surface area contributed by atoms with Crippen LogP contribution >= 0.6 is 0 Å². The van der Waals surface area contributed by atoms with Gasteiger partial charge in [-0.25, -0.2) is 9.96 Å². The van der Waals surface area contributed by atoms with Gasteiger partial charge in [0.25, 0.3) is 5.91 Å². The molecule has 29 heavy (non-hydrogen) atoms. The smallest absolute Gasteiger partial charge is 0.266 e. The molecular formula is C23H19N3O3. The quantitative estimate of drug-likeness (QED) is 0.647. The first kappa shape index (κ1) is 17.6. The molecule has 0 N–H and O–H groups in total. The molecule has 6 heteroatoms. The summed E-state index contributed by atoms with van der Waals surface area (Å²) in [6.45, 7) is 1.89. The van der Waals surface area contributed by atoms with E-state index in [1.807, 2.05) is 67.6 Å². The molecule has 2 aromatic carbocycles. The van der Waals surface area contributed by atoms with Gasteiger partial charge in [0, 0.05) is 12.4 Å². The number of pyridine rings is 1. The highest BCUT2D eigenvalue weighted by Crippen LogP contribution is 2.47. The van der Waals surface area contributed by atoms with Crippen LogP contribution in [0.15, 0.2) is 79.1 Å². The number of aromatic nitrogens is 1. The third-order valence-corrected chi connectivity index (χ3v) is 5.53. The lowest BCUT2D eigenvalue weighted by atomic mass is 9.91. The Kier molecular flexibility index (Phi) is 4.14. The van der Waals surface area contributed by atoms with Gasteiger partial charge < -0.3 is 0 Å². The van der Waals surface area contributed by atoms with Crippen LogP contribution in [0.1, 0.15) is 17.2 Å². The van der Waals surface area contributed by atoms with Crippen LogP contribution in [-0.4, -0.2) is 22.9 Å². The molecule has 2 aliphatic rings. The van der Waals surface area contributed by atoms with E-state index in [0.717, 1.165) is 16.8 Å². The first-order chi connectivity index (χ1) is 14.2. The van der Waals surface area contributed by atoms with Crippen molar-refractivity contribution in [2.75, 3.05) is 9.96 Å². The number of benzene rings is 2. The van der Waals surface area contributed by atoms with Crippen LogP contribution in [0.5, 0.6) is 0 Å². The van der Waals surface area contributed by atoms with E-state index in [-0.39, 0.29) is 11.8 Å². The highest BCUT2D eigenvalue weighted by atomic mass is 16.7. The molecule has 2 amide bonds. The summed E-state index contributed by atoms with van der Waals surface area (Å²) in [7, 11) is 0. The number of carbonyl (C=O) groups excluding carboxylic acids is 2. The minimum atomic E-state index is -0.861. The van der Waals surface area contributed by atoms with Crippen molar-refractivity contribution >= 4 is 23.2 Å². The molecule has 2 aliphatic heterocycles. The Balaban J connectivity index is 1.60. The molecule has 0 saturated carbocycles. The maximum Gasteiger partial charge on any atom is 0.266 e.